The number of rotatable bonds is 6. The topological polar surface area (TPSA) is 12.5 Å². The fourth-order valence-corrected chi connectivity index (χ4v) is 9.23. The Hall–Kier alpha value is -7.42. The first-order valence-corrected chi connectivity index (χ1v) is 19.6. The molecule has 1 heterocycles. The molecule has 9 aromatic carbocycles. The van der Waals surface area contributed by atoms with Gasteiger partial charge in [0.25, 0.3) is 0 Å². The van der Waals surface area contributed by atoms with Gasteiger partial charge in [-0.25, -0.2) is 0 Å². The van der Waals surface area contributed by atoms with Crippen LogP contribution in [0.2, 0.25) is 0 Å². The van der Waals surface area contributed by atoms with E-state index in [-0.39, 0.29) is 0 Å². The van der Waals surface area contributed by atoms with Gasteiger partial charge in [0.2, 0.25) is 0 Å². The van der Waals surface area contributed by atoms with Crippen LogP contribution in [0.1, 0.15) is 22.3 Å². The second-order valence-electron chi connectivity index (χ2n) is 14.8. The van der Waals surface area contributed by atoms with E-state index in [9.17, 15) is 0 Å². The summed E-state index contributed by atoms with van der Waals surface area (Å²) in [6.45, 7) is 0. The molecule has 0 amide bonds. The Kier molecular flexibility index (Phi) is 7.75. The lowest BCUT2D eigenvalue weighted by Gasteiger charge is -2.39. The number of anilines is 3. The number of hydrogen-bond acceptors (Lipinski definition) is 2. The molecule has 2 heteroatoms. The molecule has 2 aliphatic rings. The molecular formula is C55H37NO. The van der Waals surface area contributed by atoms with Crippen LogP contribution in [0.5, 0.6) is 11.5 Å². The second kappa shape index (κ2) is 13.4. The molecule has 0 atom stereocenters. The molecule has 57 heavy (non-hydrogen) atoms. The van der Waals surface area contributed by atoms with Crippen LogP contribution >= 0.6 is 0 Å². The molecule has 0 N–H and O–H groups in total. The molecule has 0 aromatic heterocycles. The molecule has 268 valence electrons. The van der Waals surface area contributed by atoms with Gasteiger partial charge < -0.3 is 9.64 Å². The number of para-hydroxylation sites is 2. The van der Waals surface area contributed by atoms with Crippen LogP contribution in [-0.4, -0.2) is 0 Å². The van der Waals surface area contributed by atoms with Gasteiger partial charge in [-0.15, -0.1) is 0 Å². The summed E-state index contributed by atoms with van der Waals surface area (Å²) in [7, 11) is 0. The first kappa shape index (κ1) is 33.0. The lowest BCUT2D eigenvalue weighted by atomic mass is 9.66. The lowest BCUT2D eigenvalue weighted by molar-refractivity contribution is 0.436. The number of benzene rings is 9. The van der Waals surface area contributed by atoms with Gasteiger partial charge in [0.1, 0.15) is 11.5 Å². The highest BCUT2D eigenvalue weighted by molar-refractivity contribution is 5.91. The number of fused-ring (bicyclic) bond motifs is 9. The second-order valence-corrected chi connectivity index (χ2v) is 14.8. The lowest BCUT2D eigenvalue weighted by Crippen LogP contribution is -2.32. The van der Waals surface area contributed by atoms with Crippen LogP contribution in [0.25, 0.3) is 44.5 Å². The van der Waals surface area contributed by atoms with Crippen molar-refractivity contribution in [2.45, 2.75) is 5.41 Å². The summed E-state index contributed by atoms with van der Waals surface area (Å²) in [5.41, 5.74) is 17.3. The molecule has 0 bridgehead atoms. The minimum absolute atomic E-state index is 0.503. The smallest absolute Gasteiger partial charge is 0.132 e. The fourth-order valence-electron chi connectivity index (χ4n) is 9.23. The number of hydrogen-bond donors (Lipinski definition) is 0. The monoisotopic (exact) mass is 727 g/mol. The summed E-state index contributed by atoms with van der Waals surface area (Å²) in [5.74, 6) is 1.80. The SMILES string of the molecule is c1ccc(-c2ccc(N(c3ccc(-c4ccc5c(c4)C4(c6ccccc6O5)c5ccccc5-c5ccccc54)cc3)c3ccccc3-c3ccccc3)cc2)cc1. The predicted octanol–water partition coefficient (Wildman–Crippen LogP) is 14.6. The standard InChI is InChI=1S/C55H37NO/c1-3-15-38(16-4-1)39-27-32-43(33-28-39)56(52-25-13-9-19-45(52)41-17-5-2-6-18-41)44-34-29-40(30-35-44)42-31-36-54-51(37-42)55(50-24-12-14-26-53(50)57-54)48-22-10-7-20-46(48)47-21-8-11-23-49(47)55/h1-37H. The summed E-state index contributed by atoms with van der Waals surface area (Å²) in [4.78, 5) is 2.37. The Morgan fingerprint density at radius 2 is 0.737 bits per heavy atom. The Morgan fingerprint density at radius 3 is 1.37 bits per heavy atom. The van der Waals surface area contributed by atoms with Crippen molar-refractivity contribution in [1.82, 2.24) is 0 Å². The summed E-state index contributed by atoms with van der Waals surface area (Å²) < 4.78 is 6.71. The maximum absolute atomic E-state index is 6.71. The van der Waals surface area contributed by atoms with Crippen molar-refractivity contribution < 1.29 is 4.74 Å². The average molecular weight is 728 g/mol. The van der Waals surface area contributed by atoms with Crippen molar-refractivity contribution >= 4 is 17.1 Å². The van der Waals surface area contributed by atoms with E-state index in [2.05, 4.69) is 229 Å². The highest BCUT2D eigenvalue weighted by Crippen LogP contribution is 2.62. The maximum atomic E-state index is 6.71. The molecular weight excluding hydrogens is 691 g/mol. The highest BCUT2D eigenvalue weighted by atomic mass is 16.5. The minimum Gasteiger partial charge on any atom is -0.457 e. The number of nitrogens with zero attached hydrogens (tertiary/aromatic N) is 1. The van der Waals surface area contributed by atoms with Gasteiger partial charge in [-0.1, -0.05) is 176 Å². The van der Waals surface area contributed by atoms with E-state index in [1.54, 1.807) is 0 Å². The van der Waals surface area contributed by atoms with Crippen molar-refractivity contribution in [2.75, 3.05) is 4.90 Å². The van der Waals surface area contributed by atoms with Crippen LogP contribution < -0.4 is 9.64 Å². The zero-order valence-corrected chi connectivity index (χ0v) is 31.2. The molecule has 9 aromatic rings. The molecule has 2 nitrogen and oxygen atoms in total. The van der Waals surface area contributed by atoms with Gasteiger partial charge in [-0.3, -0.25) is 0 Å². The predicted molar refractivity (Wildman–Crippen MR) is 235 cm³/mol. The largest absolute Gasteiger partial charge is 0.457 e. The van der Waals surface area contributed by atoms with Crippen LogP contribution in [0.4, 0.5) is 17.1 Å². The summed E-state index contributed by atoms with van der Waals surface area (Å²) in [6, 6.07) is 80.9. The first-order valence-electron chi connectivity index (χ1n) is 19.6. The summed E-state index contributed by atoms with van der Waals surface area (Å²) >= 11 is 0. The molecule has 1 spiro atoms. The van der Waals surface area contributed by atoms with E-state index >= 15 is 0 Å². The minimum atomic E-state index is -0.503. The van der Waals surface area contributed by atoms with Crippen LogP contribution in [0.15, 0.2) is 224 Å². The molecule has 1 aliphatic carbocycles. The quantitative estimate of drug-likeness (QED) is 0.169. The normalized spacial score (nSPS) is 12.8. The van der Waals surface area contributed by atoms with Gasteiger partial charge in [-0.05, 0) is 98.6 Å². The van der Waals surface area contributed by atoms with Gasteiger partial charge in [-0.2, -0.15) is 0 Å². The van der Waals surface area contributed by atoms with E-state index < -0.39 is 5.41 Å². The molecule has 0 saturated carbocycles. The van der Waals surface area contributed by atoms with E-state index in [0.29, 0.717) is 0 Å². The molecule has 11 rings (SSSR count). The Bertz CT molecular complexity index is 2870. The van der Waals surface area contributed by atoms with Crippen molar-refractivity contribution in [3.63, 3.8) is 0 Å². The maximum Gasteiger partial charge on any atom is 0.132 e. The van der Waals surface area contributed by atoms with E-state index in [1.165, 1.54) is 50.1 Å². The molecule has 0 unspecified atom stereocenters. The Labute approximate surface area is 333 Å². The fraction of sp³-hybridized carbons (Fsp3) is 0.0182. The van der Waals surface area contributed by atoms with Crippen molar-refractivity contribution in [3.8, 4) is 56.0 Å². The van der Waals surface area contributed by atoms with Crippen molar-refractivity contribution in [1.29, 1.82) is 0 Å². The van der Waals surface area contributed by atoms with Gasteiger partial charge in [0.05, 0.1) is 11.1 Å². The zero-order valence-electron chi connectivity index (χ0n) is 31.2. The van der Waals surface area contributed by atoms with Crippen molar-refractivity contribution in [3.05, 3.63) is 247 Å². The van der Waals surface area contributed by atoms with Crippen LogP contribution in [-0.2, 0) is 5.41 Å². The summed E-state index contributed by atoms with van der Waals surface area (Å²) in [5, 5.41) is 0. The third-order valence-corrected chi connectivity index (χ3v) is 11.8. The third-order valence-electron chi connectivity index (χ3n) is 11.8. The average Bonchev–Trinajstić information content (AvgIpc) is 3.58. The Morgan fingerprint density at radius 1 is 0.298 bits per heavy atom. The van der Waals surface area contributed by atoms with Gasteiger partial charge in [0.15, 0.2) is 0 Å². The number of ether oxygens (including phenoxy) is 1. The molecule has 1 aliphatic heterocycles. The van der Waals surface area contributed by atoms with Crippen LogP contribution in [0, 0.1) is 0 Å². The van der Waals surface area contributed by atoms with Crippen LogP contribution in [0.3, 0.4) is 0 Å². The molecule has 0 fully saturated rings. The van der Waals surface area contributed by atoms with Gasteiger partial charge >= 0.3 is 0 Å². The van der Waals surface area contributed by atoms with E-state index in [4.69, 9.17) is 4.74 Å². The first-order chi connectivity index (χ1) is 28.3. The summed E-state index contributed by atoms with van der Waals surface area (Å²) in [6.07, 6.45) is 0. The zero-order chi connectivity index (χ0) is 37.8. The third kappa shape index (κ3) is 5.26. The van der Waals surface area contributed by atoms with Gasteiger partial charge in [0, 0.05) is 28.1 Å². The highest BCUT2D eigenvalue weighted by Gasteiger charge is 2.51. The molecule has 0 radical (unpaired) electrons. The van der Waals surface area contributed by atoms with E-state index in [1.807, 2.05) is 0 Å². The Balaban J connectivity index is 1.04. The molecule has 0 saturated heterocycles. The van der Waals surface area contributed by atoms with Crippen molar-refractivity contribution in [2.24, 2.45) is 0 Å². The van der Waals surface area contributed by atoms with E-state index in [0.717, 1.165) is 45.3 Å².